The number of thiazole rings is 1. The average molecular weight is 239 g/mol. The lowest BCUT2D eigenvalue weighted by molar-refractivity contribution is 0.427. The van der Waals surface area contributed by atoms with Crippen LogP contribution in [0.25, 0.3) is 0 Å². The fraction of sp³-hybridized carbons (Fsp3) is 0.750. The van der Waals surface area contributed by atoms with Gasteiger partial charge in [0.2, 0.25) is 0 Å². The van der Waals surface area contributed by atoms with Gasteiger partial charge in [0.25, 0.3) is 0 Å². The molecule has 1 aliphatic rings. The molecule has 1 N–H and O–H groups in total. The Morgan fingerprint density at radius 2 is 2.31 bits per heavy atom. The highest BCUT2D eigenvalue weighted by molar-refractivity contribution is 7.15. The van der Waals surface area contributed by atoms with Crippen LogP contribution >= 0.6 is 11.3 Å². The first-order chi connectivity index (χ1) is 7.66. The molecule has 2 atom stereocenters. The van der Waals surface area contributed by atoms with E-state index in [9.17, 15) is 0 Å². The van der Waals surface area contributed by atoms with Crippen molar-refractivity contribution in [3.8, 4) is 0 Å². The van der Waals surface area contributed by atoms with Crippen molar-refractivity contribution in [2.24, 2.45) is 5.92 Å². The summed E-state index contributed by atoms with van der Waals surface area (Å²) in [6, 6.07) is 0.713. The Labute approximate surface area is 102 Å². The largest absolute Gasteiger partial charge is 0.354 e. The maximum atomic E-state index is 4.38. The third-order valence-electron chi connectivity index (χ3n) is 3.32. The van der Waals surface area contributed by atoms with E-state index in [4.69, 9.17) is 0 Å². The third-order valence-corrected chi connectivity index (χ3v) is 4.49. The SMILES string of the molecule is CC1CCCC1NCc1cnc(N(C)C)s1. The standard InChI is InChI=1S/C12H21N3S/c1-9-5-4-6-11(9)13-7-10-8-14-12(16-10)15(2)3/h8-9,11,13H,4-7H2,1-3H3. The van der Waals surface area contributed by atoms with Crippen LogP contribution in [0.5, 0.6) is 0 Å². The summed E-state index contributed by atoms with van der Waals surface area (Å²) in [5.41, 5.74) is 0. The zero-order valence-electron chi connectivity index (χ0n) is 10.4. The molecule has 1 aromatic rings. The highest BCUT2D eigenvalue weighted by Crippen LogP contribution is 2.26. The molecular weight excluding hydrogens is 218 g/mol. The van der Waals surface area contributed by atoms with Crippen molar-refractivity contribution in [1.82, 2.24) is 10.3 Å². The molecule has 1 fully saturated rings. The molecule has 3 nitrogen and oxygen atoms in total. The molecule has 1 saturated carbocycles. The third kappa shape index (κ3) is 2.74. The molecule has 0 bridgehead atoms. The monoisotopic (exact) mass is 239 g/mol. The van der Waals surface area contributed by atoms with E-state index in [1.54, 1.807) is 11.3 Å². The van der Waals surface area contributed by atoms with Crippen LogP contribution in [-0.4, -0.2) is 25.1 Å². The van der Waals surface area contributed by atoms with Gasteiger partial charge < -0.3 is 10.2 Å². The molecule has 1 heterocycles. The summed E-state index contributed by atoms with van der Waals surface area (Å²) in [5.74, 6) is 0.834. The Morgan fingerprint density at radius 3 is 2.88 bits per heavy atom. The lowest BCUT2D eigenvalue weighted by atomic mass is 10.1. The van der Waals surface area contributed by atoms with Crippen LogP contribution in [0.1, 0.15) is 31.1 Å². The molecule has 0 aliphatic heterocycles. The van der Waals surface area contributed by atoms with E-state index >= 15 is 0 Å². The smallest absolute Gasteiger partial charge is 0.185 e. The van der Waals surface area contributed by atoms with Crippen molar-refractivity contribution in [3.05, 3.63) is 11.1 Å². The van der Waals surface area contributed by atoms with Crippen LogP contribution in [0.3, 0.4) is 0 Å². The first kappa shape index (κ1) is 11.9. The van der Waals surface area contributed by atoms with Gasteiger partial charge in [-0.2, -0.15) is 0 Å². The molecule has 0 saturated heterocycles. The van der Waals surface area contributed by atoms with Gasteiger partial charge in [-0.1, -0.05) is 13.3 Å². The van der Waals surface area contributed by atoms with Crippen LogP contribution in [0.4, 0.5) is 5.13 Å². The van der Waals surface area contributed by atoms with Crippen LogP contribution in [0.15, 0.2) is 6.20 Å². The first-order valence-corrected chi connectivity index (χ1v) is 6.84. The van der Waals surface area contributed by atoms with Crippen molar-refractivity contribution >= 4 is 16.5 Å². The summed E-state index contributed by atoms with van der Waals surface area (Å²) in [7, 11) is 4.07. The molecule has 0 amide bonds. The van der Waals surface area contributed by atoms with E-state index in [1.165, 1.54) is 24.1 Å². The molecule has 1 aromatic heterocycles. The van der Waals surface area contributed by atoms with Crippen molar-refractivity contribution in [2.75, 3.05) is 19.0 Å². The number of nitrogens with zero attached hydrogens (tertiary/aromatic N) is 2. The van der Waals surface area contributed by atoms with Crippen molar-refractivity contribution in [3.63, 3.8) is 0 Å². The number of rotatable bonds is 4. The van der Waals surface area contributed by atoms with Gasteiger partial charge in [-0.3, -0.25) is 0 Å². The predicted molar refractivity (Wildman–Crippen MR) is 70.1 cm³/mol. The lowest BCUT2D eigenvalue weighted by Gasteiger charge is -2.16. The number of nitrogens with one attached hydrogen (secondary N) is 1. The second-order valence-corrected chi connectivity index (χ2v) is 5.99. The van der Waals surface area contributed by atoms with E-state index in [1.807, 2.05) is 20.3 Å². The van der Waals surface area contributed by atoms with Crippen molar-refractivity contribution < 1.29 is 0 Å². The van der Waals surface area contributed by atoms with Crippen LogP contribution in [-0.2, 0) is 6.54 Å². The fourth-order valence-electron chi connectivity index (χ4n) is 2.27. The lowest BCUT2D eigenvalue weighted by Crippen LogP contribution is -2.30. The normalized spacial score (nSPS) is 24.9. The summed E-state index contributed by atoms with van der Waals surface area (Å²) in [5, 5.41) is 4.75. The van der Waals surface area contributed by atoms with Gasteiger partial charge in [0.15, 0.2) is 5.13 Å². The minimum Gasteiger partial charge on any atom is -0.354 e. The van der Waals surface area contributed by atoms with Gasteiger partial charge in [-0.15, -0.1) is 11.3 Å². The second-order valence-electron chi connectivity index (χ2n) is 4.90. The Kier molecular flexibility index (Phi) is 3.82. The first-order valence-electron chi connectivity index (χ1n) is 6.02. The molecule has 4 heteroatoms. The number of anilines is 1. The quantitative estimate of drug-likeness (QED) is 0.875. The van der Waals surface area contributed by atoms with Gasteiger partial charge in [-0.25, -0.2) is 4.98 Å². The second kappa shape index (κ2) is 5.15. The maximum Gasteiger partial charge on any atom is 0.185 e. The highest BCUT2D eigenvalue weighted by Gasteiger charge is 2.22. The Hall–Kier alpha value is -0.610. The molecule has 0 spiro atoms. The van der Waals surface area contributed by atoms with Gasteiger partial charge in [0.1, 0.15) is 0 Å². The molecule has 16 heavy (non-hydrogen) atoms. The number of hydrogen-bond donors (Lipinski definition) is 1. The summed E-state index contributed by atoms with van der Waals surface area (Å²) in [6.07, 6.45) is 6.08. The Balaban J connectivity index is 1.84. The van der Waals surface area contributed by atoms with E-state index in [-0.39, 0.29) is 0 Å². The summed E-state index contributed by atoms with van der Waals surface area (Å²) >= 11 is 1.78. The van der Waals surface area contributed by atoms with Crippen LogP contribution in [0, 0.1) is 5.92 Å². The van der Waals surface area contributed by atoms with Crippen molar-refractivity contribution in [1.29, 1.82) is 0 Å². The fourth-order valence-corrected chi connectivity index (χ4v) is 3.05. The van der Waals surface area contributed by atoms with Gasteiger partial charge in [0, 0.05) is 37.8 Å². The molecule has 90 valence electrons. The molecule has 0 aromatic carbocycles. The van der Waals surface area contributed by atoms with Crippen molar-refractivity contribution in [2.45, 2.75) is 38.8 Å². The molecular formula is C12H21N3S. The van der Waals surface area contributed by atoms with Gasteiger partial charge >= 0.3 is 0 Å². The summed E-state index contributed by atoms with van der Waals surface area (Å²) < 4.78 is 0. The average Bonchev–Trinajstić information content (AvgIpc) is 2.83. The zero-order valence-corrected chi connectivity index (χ0v) is 11.2. The molecule has 2 rings (SSSR count). The van der Waals surface area contributed by atoms with Gasteiger partial charge in [0.05, 0.1) is 0 Å². The molecule has 2 unspecified atom stereocenters. The number of hydrogen-bond acceptors (Lipinski definition) is 4. The van der Waals surface area contributed by atoms with Crippen LogP contribution < -0.4 is 10.2 Å². The van der Waals surface area contributed by atoms with Crippen LogP contribution in [0.2, 0.25) is 0 Å². The maximum absolute atomic E-state index is 4.38. The summed E-state index contributed by atoms with van der Waals surface area (Å²) in [4.78, 5) is 7.78. The number of aromatic nitrogens is 1. The Morgan fingerprint density at radius 1 is 1.50 bits per heavy atom. The highest BCUT2D eigenvalue weighted by atomic mass is 32.1. The zero-order chi connectivity index (χ0) is 11.5. The molecule has 0 radical (unpaired) electrons. The molecule has 1 aliphatic carbocycles. The summed E-state index contributed by atoms with van der Waals surface area (Å²) in [6.45, 7) is 3.32. The topological polar surface area (TPSA) is 28.2 Å². The van der Waals surface area contributed by atoms with E-state index in [0.717, 1.165) is 17.6 Å². The minimum atomic E-state index is 0.713. The van der Waals surface area contributed by atoms with E-state index < -0.39 is 0 Å². The minimum absolute atomic E-state index is 0.713. The van der Waals surface area contributed by atoms with Gasteiger partial charge in [-0.05, 0) is 18.8 Å². The van der Waals surface area contributed by atoms with E-state index in [0.29, 0.717) is 6.04 Å². The predicted octanol–water partition coefficient (Wildman–Crippen LogP) is 2.49. The van der Waals surface area contributed by atoms with E-state index in [2.05, 4.69) is 22.1 Å². The Bertz CT molecular complexity index is 335.